The second-order valence-electron chi connectivity index (χ2n) is 4.34. The smallest absolute Gasteiger partial charge is 0.159 e. The lowest BCUT2D eigenvalue weighted by Crippen LogP contribution is -2.01. The molecule has 3 nitrogen and oxygen atoms in total. The van der Waals surface area contributed by atoms with Crippen LogP contribution >= 0.6 is 0 Å². The van der Waals surface area contributed by atoms with Gasteiger partial charge in [-0.05, 0) is 38.5 Å². The lowest BCUT2D eigenvalue weighted by molar-refractivity contribution is 0.101. The molecular formula is C15H20O3. The van der Waals surface area contributed by atoms with Gasteiger partial charge in [-0.2, -0.15) is 0 Å². The molecule has 0 heterocycles. The number of Topliss-reactive ketones (excluding diaryl/α,β-unsaturated/α-hetero) is 1. The van der Waals surface area contributed by atoms with Crippen molar-refractivity contribution in [3.05, 3.63) is 41.5 Å². The van der Waals surface area contributed by atoms with E-state index in [9.17, 15) is 4.79 Å². The fraction of sp³-hybridized carbons (Fsp3) is 0.400. The van der Waals surface area contributed by atoms with Crippen molar-refractivity contribution in [2.24, 2.45) is 0 Å². The highest BCUT2D eigenvalue weighted by Gasteiger charge is 2.07. The van der Waals surface area contributed by atoms with Crippen LogP contribution in [0.1, 0.15) is 36.2 Å². The monoisotopic (exact) mass is 248 g/mol. The number of rotatable bonds is 7. The summed E-state index contributed by atoms with van der Waals surface area (Å²) in [7, 11) is 1.61. The standard InChI is InChI=1S/C15H20O3/c1-11(2)7-8-18-10-14-9-13(12(3)16)5-6-15(14)17-4/h5-6,9H,1,7-8,10H2,2-4H3. The predicted molar refractivity (Wildman–Crippen MR) is 72.1 cm³/mol. The number of hydrogen-bond donors (Lipinski definition) is 0. The average Bonchev–Trinajstić information content (AvgIpc) is 2.34. The van der Waals surface area contributed by atoms with Crippen LogP contribution in [0, 0.1) is 0 Å². The first kappa shape index (κ1) is 14.5. The van der Waals surface area contributed by atoms with Gasteiger partial charge in [0.25, 0.3) is 0 Å². The Labute approximate surface area is 108 Å². The molecule has 0 fully saturated rings. The molecule has 1 aromatic rings. The van der Waals surface area contributed by atoms with Gasteiger partial charge < -0.3 is 9.47 Å². The van der Waals surface area contributed by atoms with Crippen LogP contribution in [0.4, 0.5) is 0 Å². The number of benzene rings is 1. The Morgan fingerprint density at radius 1 is 1.33 bits per heavy atom. The third-order valence-electron chi connectivity index (χ3n) is 2.62. The highest BCUT2D eigenvalue weighted by molar-refractivity contribution is 5.94. The van der Waals surface area contributed by atoms with Crippen LogP contribution in [0.25, 0.3) is 0 Å². The zero-order valence-electron chi connectivity index (χ0n) is 11.3. The van der Waals surface area contributed by atoms with E-state index >= 15 is 0 Å². The maximum absolute atomic E-state index is 11.3. The summed E-state index contributed by atoms with van der Waals surface area (Å²) in [5.41, 5.74) is 2.67. The van der Waals surface area contributed by atoms with Gasteiger partial charge >= 0.3 is 0 Å². The molecule has 0 saturated carbocycles. The highest BCUT2D eigenvalue weighted by Crippen LogP contribution is 2.21. The molecule has 0 aliphatic heterocycles. The Bertz CT molecular complexity index is 435. The third kappa shape index (κ3) is 4.34. The van der Waals surface area contributed by atoms with Gasteiger partial charge in [0, 0.05) is 11.1 Å². The minimum atomic E-state index is 0.0424. The molecule has 0 aliphatic carbocycles. The largest absolute Gasteiger partial charge is 0.496 e. The molecule has 0 radical (unpaired) electrons. The van der Waals surface area contributed by atoms with Gasteiger partial charge in [0.05, 0.1) is 20.3 Å². The van der Waals surface area contributed by atoms with E-state index in [1.807, 2.05) is 13.0 Å². The van der Waals surface area contributed by atoms with Crippen LogP contribution in [-0.4, -0.2) is 19.5 Å². The van der Waals surface area contributed by atoms with Crippen LogP contribution in [0.2, 0.25) is 0 Å². The van der Waals surface area contributed by atoms with Crippen LogP contribution in [0.5, 0.6) is 5.75 Å². The molecule has 0 atom stereocenters. The summed E-state index contributed by atoms with van der Waals surface area (Å²) in [6.45, 7) is 8.41. The molecule has 1 aromatic carbocycles. The predicted octanol–water partition coefficient (Wildman–Crippen LogP) is 3.38. The van der Waals surface area contributed by atoms with Gasteiger partial charge in [0.15, 0.2) is 5.78 Å². The van der Waals surface area contributed by atoms with Crippen molar-refractivity contribution in [2.45, 2.75) is 26.9 Å². The minimum absolute atomic E-state index is 0.0424. The van der Waals surface area contributed by atoms with E-state index in [1.165, 1.54) is 0 Å². The number of carbonyl (C=O) groups excluding carboxylic acids is 1. The molecule has 0 unspecified atom stereocenters. The van der Waals surface area contributed by atoms with Gasteiger partial charge in [-0.1, -0.05) is 5.57 Å². The van der Waals surface area contributed by atoms with Crippen molar-refractivity contribution >= 4 is 5.78 Å². The van der Waals surface area contributed by atoms with E-state index in [2.05, 4.69) is 6.58 Å². The van der Waals surface area contributed by atoms with Crippen molar-refractivity contribution in [3.63, 3.8) is 0 Å². The van der Waals surface area contributed by atoms with Crippen molar-refractivity contribution in [3.8, 4) is 5.75 Å². The SMILES string of the molecule is C=C(C)CCOCc1cc(C(C)=O)ccc1OC. The van der Waals surface area contributed by atoms with Crippen molar-refractivity contribution in [2.75, 3.05) is 13.7 Å². The topological polar surface area (TPSA) is 35.5 Å². The molecule has 0 N–H and O–H groups in total. The van der Waals surface area contributed by atoms with E-state index < -0.39 is 0 Å². The molecule has 0 amide bonds. The van der Waals surface area contributed by atoms with Crippen molar-refractivity contribution in [1.82, 2.24) is 0 Å². The minimum Gasteiger partial charge on any atom is -0.496 e. The summed E-state index contributed by atoms with van der Waals surface area (Å²) >= 11 is 0. The quantitative estimate of drug-likeness (QED) is 0.421. The number of ether oxygens (including phenoxy) is 2. The zero-order chi connectivity index (χ0) is 13.5. The normalized spacial score (nSPS) is 10.2. The van der Waals surface area contributed by atoms with Gasteiger partial charge in [0.1, 0.15) is 5.75 Å². The fourth-order valence-electron chi connectivity index (χ4n) is 1.54. The Morgan fingerprint density at radius 2 is 2.06 bits per heavy atom. The third-order valence-corrected chi connectivity index (χ3v) is 2.62. The Balaban J connectivity index is 2.69. The summed E-state index contributed by atoms with van der Waals surface area (Å²) in [5, 5.41) is 0. The van der Waals surface area contributed by atoms with E-state index in [0.717, 1.165) is 23.3 Å². The second kappa shape index (κ2) is 6.97. The Kier molecular flexibility index (Phi) is 5.59. The van der Waals surface area contributed by atoms with Crippen LogP contribution < -0.4 is 4.74 Å². The van der Waals surface area contributed by atoms with E-state index in [1.54, 1.807) is 26.2 Å². The molecule has 98 valence electrons. The first-order valence-electron chi connectivity index (χ1n) is 5.94. The zero-order valence-corrected chi connectivity index (χ0v) is 11.3. The van der Waals surface area contributed by atoms with Gasteiger partial charge in [-0.15, -0.1) is 6.58 Å². The fourth-order valence-corrected chi connectivity index (χ4v) is 1.54. The van der Waals surface area contributed by atoms with Gasteiger partial charge in [-0.25, -0.2) is 0 Å². The Hall–Kier alpha value is -1.61. The molecule has 0 aliphatic rings. The lowest BCUT2D eigenvalue weighted by Gasteiger charge is -2.10. The van der Waals surface area contributed by atoms with E-state index in [4.69, 9.17) is 9.47 Å². The molecule has 0 bridgehead atoms. The number of ketones is 1. The summed E-state index contributed by atoms with van der Waals surface area (Å²) in [5.74, 6) is 0.788. The first-order chi connectivity index (χ1) is 8.54. The average molecular weight is 248 g/mol. The molecule has 0 spiro atoms. The number of carbonyl (C=O) groups is 1. The van der Waals surface area contributed by atoms with Gasteiger partial charge in [0.2, 0.25) is 0 Å². The van der Waals surface area contributed by atoms with Crippen molar-refractivity contribution < 1.29 is 14.3 Å². The molecule has 0 aromatic heterocycles. The number of hydrogen-bond acceptors (Lipinski definition) is 3. The summed E-state index contributed by atoms with van der Waals surface area (Å²) < 4.78 is 10.8. The maximum atomic E-state index is 11.3. The lowest BCUT2D eigenvalue weighted by atomic mass is 10.1. The highest BCUT2D eigenvalue weighted by atomic mass is 16.5. The van der Waals surface area contributed by atoms with Crippen molar-refractivity contribution in [1.29, 1.82) is 0 Å². The molecule has 0 saturated heterocycles. The summed E-state index contributed by atoms with van der Waals surface area (Å²) in [6.07, 6.45) is 0.842. The van der Waals surface area contributed by atoms with E-state index in [-0.39, 0.29) is 5.78 Å². The van der Waals surface area contributed by atoms with Crippen LogP contribution in [-0.2, 0) is 11.3 Å². The Morgan fingerprint density at radius 3 is 2.61 bits per heavy atom. The summed E-state index contributed by atoms with van der Waals surface area (Å²) in [4.78, 5) is 11.3. The second-order valence-corrected chi connectivity index (χ2v) is 4.34. The molecule has 3 heteroatoms. The van der Waals surface area contributed by atoms with Gasteiger partial charge in [-0.3, -0.25) is 4.79 Å². The van der Waals surface area contributed by atoms with E-state index in [0.29, 0.717) is 18.8 Å². The molecule has 1 rings (SSSR count). The van der Waals surface area contributed by atoms with Crippen LogP contribution in [0.15, 0.2) is 30.4 Å². The molecule has 18 heavy (non-hydrogen) atoms. The summed E-state index contributed by atoms with van der Waals surface area (Å²) in [6, 6.07) is 5.38. The maximum Gasteiger partial charge on any atom is 0.159 e. The molecular weight excluding hydrogens is 228 g/mol. The van der Waals surface area contributed by atoms with Crippen LogP contribution in [0.3, 0.4) is 0 Å². The first-order valence-corrected chi connectivity index (χ1v) is 5.94. The number of methoxy groups -OCH3 is 1.